The highest BCUT2D eigenvalue weighted by molar-refractivity contribution is 5.97. The van der Waals surface area contributed by atoms with Crippen LogP contribution < -0.4 is 5.73 Å². The molecule has 1 heterocycles. The molecule has 0 amide bonds. The molecule has 1 aromatic rings. The Morgan fingerprint density at radius 3 is 2.90 bits per heavy atom. The zero-order valence-corrected chi connectivity index (χ0v) is 12.6. The van der Waals surface area contributed by atoms with Gasteiger partial charge in [-0.1, -0.05) is 5.16 Å². The molecule has 0 bridgehead atoms. The molecule has 1 atom stereocenters. The number of nitrogens with two attached hydrogens (primary N) is 1. The summed E-state index contributed by atoms with van der Waals surface area (Å²) in [5.41, 5.74) is 6.79. The maximum atomic E-state index is 13.7. The number of nitrogens with zero attached hydrogens (tertiary/aromatic N) is 3. The molecule has 2 rings (SSSR count). The van der Waals surface area contributed by atoms with Crippen LogP contribution in [0.3, 0.4) is 0 Å². The van der Waals surface area contributed by atoms with Crippen LogP contribution in [-0.4, -0.2) is 54.1 Å². The van der Waals surface area contributed by atoms with Crippen molar-refractivity contribution < 1.29 is 9.60 Å². The number of hydrogen-bond acceptors (Lipinski definition) is 4. The van der Waals surface area contributed by atoms with Gasteiger partial charge < -0.3 is 15.8 Å². The van der Waals surface area contributed by atoms with Crippen LogP contribution in [0.15, 0.2) is 23.4 Å². The Kier molecular flexibility index (Phi) is 5.14. The van der Waals surface area contributed by atoms with Gasteiger partial charge in [-0.2, -0.15) is 0 Å². The first-order valence-electron chi connectivity index (χ1n) is 7.15. The van der Waals surface area contributed by atoms with E-state index in [0.29, 0.717) is 18.2 Å². The standard InChI is InChI=1S/C15H23FN4O/c1-19(2)14-4-3-5-20(10-14)9-11-6-12(15(17)18-21)8-13(16)7-11/h6-8,14,21H,3-5,9-10H2,1-2H3,(H2,17,18). The van der Waals surface area contributed by atoms with Crippen molar-refractivity contribution in [1.29, 1.82) is 0 Å². The summed E-state index contributed by atoms with van der Waals surface area (Å²) in [5.74, 6) is -0.434. The van der Waals surface area contributed by atoms with Gasteiger partial charge in [0.15, 0.2) is 5.84 Å². The quantitative estimate of drug-likeness (QED) is 0.382. The van der Waals surface area contributed by atoms with Crippen LogP contribution in [0.5, 0.6) is 0 Å². The average molecular weight is 294 g/mol. The van der Waals surface area contributed by atoms with E-state index in [0.717, 1.165) is 25.1 Å². The Bertz CT molecular complexity index is 518. The molecule has 5 nitrogen and oxygen atoms in total. The molecule has 1 aliphatic rings. The van der Waals surface area contributed by atoms with Crippen molar-refractivity contribution in [3.05, 3.63) is 35.1 Å². The van der Waals surface area contributed by atoms with Gasteiger partial charge >= 0.3 is 0 Å². The third-order valence-electron chi connectivity index (χ3n) is 3.98. The summed E-state index contributed by atoms with van der Waals surface area (Å²) in [6.07, 6.45) is 2.34. The Morgan fingerprint density at radius 1 is 1.48 bits per heavy atom. The molecule has 3 N–H and O–H groups in total. The van der Waals surface area contributed by atoms with Crippen molar-refractivity contribution in [2.45, 2.75) is 25.4 Å². The van der Waals surface area contributed by atoms with Gasteiger partial charge in [0.25, 0.3) is 0 Å². The third-order valence-corrected chi connectivity index (χ3v) is 3.98. The van der Waals surface area contributed by atoms with Crippen LogP contribution in [0.1, 0.15) is 24.0 Å². The van der Waals surface area contributed by atoms with Crippen molar-refractivity contribution in [3.8, 4) is 0 Å². The molecule has 116 valence electrons. The fourth-order valence-corrected chi connectivity index (χ4v) is 2.80. The molecule has 0 spiro atoms. The average Bonchev–Trinajstić information content (AvgIpc) is 2.46. The van der Waals surface area contributed by atoms with Crippen LogP contribution >= 0.6 is 0 Å². The molecular weight excluding hydrogens is 271 g/mol. The fourth-order valence-electron chi connectivity index (χ4n) is 2.80. The van der Waals surface area contributed by atoms with Crippen LogP contribution in [0.2, 0.25) is 0 Å². The molecule has 1 fully saturated rings. The maximum absolute atomic E-state index is 13.7. The molecule has 0 aromatic heterocycles. The fraction of sp³-hybridized carbons (Fsp3) is 0.533. The van der Waals surface area contributed by atoms with E-state index < -0.39 is 0 Å². The highest BCUT2D eigenvalue weighted by Gasteiger charge is 2.21. The molecule has 1 unspecified atom stereocenters. The molecule has 0 saturated carbocycles. The lowest BCUT2D eigenvalue weighted by Crippen LogP contribution is -2.44. The Hall–Kier alpha value is -1.66. The monoisotopic (exact) mass is 294 g/mol. The van der Waals surface area contributed by atoms with E-state index in [2.05, 4.69) is 29.1 Å². The molecular formula is C15H23FN4O. The van der Waals surface area contributed by atoms with E-state index in [1.165, 1.54) is 18.6 Å². The highest BCUT2D eigenvalue weighted by atomic mass is 19.1. The van der Waals surface area contributed by atoms with E-state index in [-0.39, 0.29) is 11.7 Å². The van der Waals surface area contributed by atoms with Crippen LogP contribution in [0.25, 0.3) is 0 Å². The topological polar surface area (TPSA) is 65.1 Å². The number of piperidine rings is 1. The number of likely N-dealkylation sites (N-methyl/N-ethyl adjacent to an activating group) is 1. The lowest BCUT2D eigenvalue weighted by molar-refractivity contribution is 0.128. The van der Waals surface area contributed by atoms with E-state index >= 15 is 0 Å². The number of amidine groups is 1. The van der Waals surface area contributed by atoms with Crippen molar-refractivity contribution in [1.82, 2.24) is 9.80 Å². The molecule has 1 aliphatic heterocycles. The molecule has 0 aliphatic carbocycles. The summed E-state index contributed by atoms with van der Waals surface area (Å²) in [6.45, 7) is 2.66. The first-order valence-corrected chi connectivity index (χ1v) is 7.15. The van der Waals surface area contributed by atoms with Crippen molar-refractivity contribution in [2.24, 2.45) is 10.9 Å². The first-order chi connectivity index (χ1) is 9.99. The van der Waals surface area contributed by atoms with Crippen LogP contribution in [-0.2, 0) is 6.54 Å². The number of hydrogen-bond donors (Lipinski definition) is 2. The smallest absolute Gasteiger partial charge is 0.170 e. The van der Waals surface area contributed by atoms with Crippen LogP contribution in [0, 0.1) is 5.82 Å². The van der Waals surface area contributed by atoms with Crippen LogP contribution in [0.4, 0.5) is 4.39 Å². The lowest BCUT2D eigenvalue weighted by Gasteiger charge is -2.36. The summed E-state index contributed by atoms with van der Waals surface area (Å²) >= 11 is 0. The summed E-state index contributed by atoms with van der Waals surface area (Å²) in [5, 5.41) is 11.6. The highest BCUT2D eigenvalue weighted by Crippen LogP contribution is 2.18. The molecule has 1 aromatic carbocycles. The van der Waals surface area contributed by atoms with Gasteiger partial charge in [-0.15, -0.1) is 0 Å². The second kappa shape index (κ2) is 6.87. The predicted molar refractivity (Wildman–Crippen MR) is 80.9 cm³/mol. The second-order valence-electron chi connectivity index (χ2n) is 5.83. The third kappa shape index (κ3) is 4.15. The Labute approximate surface area is 124 Å². The second-order valence-corrected chi connectivity index (χ2v) is 5.83. The first kappa shape index (κ1) is 15.7. The Balaban J connectivity index is 2.10. The van der Waals surface area contributed by atoms with E-state index in [1.807, 2.05) is 0 Å². The SMILES string of the molecule is CN(C)C1CCCN(Cc2cc(F)cc(/C(N)=N/O)c2)C1. The van der Waals surface area contributed by atoms with Crippen molar-refractivity contribution in [3.63, 3.8) is 0 Å². The summed E-state index contributed by atoms with van der Waals surface area (Å²) in [6, 6.07) is 5.10. The molecule has 1 saturated heterocycles. The predicted octanol–water partition coefficient (Wildman–Crippen LogP) is 1.45. The Morgan fingerprint density at radius 2 is 2.24 bits per heavy atom. The summed E-state index contributed by atoms with van der Waals surface area (Å²) in [4.78, 5) is 4.55. The minimum atomic E-state index is -0.365. The van der Waals surface area contributed by atoms with Gasteiger partial charge in [0, 0.05) is 24.7 Å². The maximum Gasteiger partial charge on any atom is 0.170 e. The van der Waals surface area contributed by atoms with E-state index in [4.69, 9.17) is 10.9 Å². The van der Waals surface area contributed by atoms with Crippen molar-refractivity contribution >= 4 is 5.84 Å². The molecule has 0 radical (unpaired) electrons. The van der Waals surface area contributed by atoms with Gasteiger partial charge in [0.2, 0.25) is 0 Å². The summed E-state index contributed by atoms with van der Waals surface area (Å²) in [7, 11) is 4.18. The van der Waals surface area contributed by atoms with Gasteiger partial charge in [0.1, 0.15) is 5.82 Å². The lowest BCUT2D eigenvalue weighted by atomic mass is 10.0. The van der Waals surface area contributed by atoms with Gasteiger partial charge in [-0.3, -0.25) is 4.90 Å². The zero-order chi connectivity index (χ0) is 15.4. The normalized spacial score (nSPS) is 21.0. The van der Waals surface area contributed by atoms with Gasteiger partial charge in [-0.25, -0.2) is 4.39 Å². The van der Waals surface area contributed by atoms with E-state index in [1.54, 1.807) is 6.07 Å². The van der Waals surface area contributed by atoms with Crippen molar-refractivity contribution in [2.75, 3.05) is 27.2 Å². The number of halogens is 1. The number of benzene rings is 1. The van der Waals surface area contributed by atoms with Gasteiger partial charge in [0.05, 0.1) is 0 Å². The zero-order valence-electron chi connectivity index (χ0n) is 12.6. The number of oxime groups is 1. The number of likely N-dealkylation sites (tertiary alicyclic amines) is 1. The number of rotatable bonds is 4. The van der Waals surface area contributed by atoms with Gasteiger partial charge in [-0.05, 0) is 57.2 Å². The molecule has 21 heavy (non-hydrogen) atoms. The minimum Gasteiger partial charge on any atom is -0.409 e. The van der Waals surface area contributed by atoms with E-state index in [9.17, 15) is 4.39 Å². The molecule has 6 heteroatoms. The largest absolute Gasteiger partial charge is 0.409 e. The summed E-state index contributed by atoms with van der Waals surface area (Å²) < 4.78 is 13.7. The minimum absolute atomic E-state index is 0.0689.